The number of methoxy groups -OCH3 is 1. The molecule has 2 heterocycles. The number of nitrogens with one attached hydrogen (secondary N) is 1. The summed E-state index contributed by atoms with van der Waals surface area (Å²) in [5.41, 5.74) is 1.70. The second kappa shape index (κ2) is 10.8. The van der Waals surface area contributed by atoms with E-state index in [9.17, 15) is 14.4 Å². The Morgan fingerprint density at radius 1 is 1.06 bits per heavy atom. The molecule has 0 saturated carbocycles. The fourth-order valence-electron chi connectivity index (χ4n) is 4.02. The first-order valence-electron chi connectivity index (χ1n) is 11.5. The van der Waals surface area contributed by atoms with E-state index in [0.29, 0.717) is 22.2 Å². The van der Waals surface area contributed by atoms with Gasteiger partial charge in [0.05, 0.1) is 18.2 Å². The fraction of sp³-hybridized carbons (Fsp3) is 0.214. The molecule has 0 radical (unpaired) electrons. The van der Waals surface area contributed by atoms with Crippen LogP contribution < -0.4 is 15.5 Å². The molecular weight excluding hydrogens is 442 g/mol. The highest BCUT2D eigenvalue weighted by molar-refractivity contribution is 6.10. The lowest BCUT2D eigenvalue weighted by molar-refractivity contribution is -0.122. The van der Waals surface area contributed by atoms with Gasteiger partial charge in [0.2, 0.25) is 11.3 Å². The number of aromatic nitrogens is 2. The zero-order valence-electron chi connectivity index (χ0n) is 19.7. The van der Waals surface area contributed by atoms with Crippen LogP contribution in [0, 0.1) is 0 Å². The molecule has 2 aromatic heterocycles. The normalized spacial score (nSPS) is 11.7. The number of hydrogen-bond donors (Lipinski definition) is 1. The first-order chi connectivity index (χ1) is 17.0. The van der Waals surface area contributed by atoms with E-state index in [1.165, 1.54) is 31.3 Å². The van der Waals surface area contributed by atoms with Crippen molar-refractivity contribution >= 4 is 22.6 Å². The van der Waals surface area contributed by atoms with Gasteiger partial charge in [0.15, 0.2) is 5.78 Å². The van der Waals surface area contributed by atoms with Gasteiger partial charge >= 0.3 is 0 Å². The monoisotopic (exact) mass is 469 g/mol. The molecule has 0 saturated heterocycles. The number of benzene rings is 2. The van der Waals surface area contributed by atoms with Gasteiger partial charge in [0, 0.05) is 41.6 Å². The summed E-state index contributed by atoms with van der Waals surface area (Å²) < 4.78 is 6.95. The van der Waals surface area contributed by atoms with Gasteiger partial charge < -0.3 is 14.6 Å². The van der Waals surface area contributed by atoms with Crippen molar-refractivity contribution in [2.24, 2.45) is 0 Å². The molecule has 178 valence electrons. The molecule has 4 aromatic rings. The zero-order chi connectivity index (χ0) is 24.8. The van der Waals surface area contributed by atoms with Crippen LogP contribution in [0.5, 0.6) is 5.75 Å². The average molecular weight is 470 g/mol. The number of aryl methyl sites for hydroxylation is 1. The van der Waals surface area contributed by atoms with Gasteiger partial charge in [-0.3, -0.25) is 19.4 Å². The number of pyridine rings is 2. The molecule has 0 aliphatic rings. The third-order valence-electron chi connectivity index (χ3n) is 5.91. The molecule has 35 heavy (non-hydrogen) atoms. The van der Waals surface area contributed by atoms with Gasteiger partial charge in [-0.25, -0.2) is 0 Å². The summed E-state index contributed by atoms with van der Waals surface area (Å²) in [7, 11) is 1.53. The molecule has 0 bridgehead atoms. The number of ether oxygens (including phenoxy) is 1. The number of nitrogens with zero attached hydrogens (tertiary/aromatic N) is 2. The Bertz CT molecular complexity index is 1400. The standard InChI is InChI=1S/C28H27N3O4/c1-19(8-9-20-6-4-3-5-7-20)30-26(32)18-31-17-24(27(33)21-12-14-29-15-13-21)28(34)23-11-10-22(35-2)16-25(23)31/h3-7,10-17,19H,8-9,18H2,1-2H3,(H,30,32). The Hall–Kier alpha value is -4.26. The SMILES string of the molecule is COc1ccc2c(=O)c(C(=O)c3ccncc3)cn(CC(=O)NC(C)CCc3ccccc3)c2c1. The van der Waals surface area contributed by atoms with Crippen LogP contribution in [0.15, 0.2) is 84.0 Å². The maximum Gasteiger partial charge on any atom is 0.240 e. The Kier molecular flexibility index (Phi) is 7.35. The smallest absolute Gasteiger partial charge is 0.240 e. The van der Waals surface area contributed by atoms with Crippen molar-refractivity contribution in [1.29, 1.82) is 0 Å². The summed E-state index contributed by atoms with van der Waals surface area (Å²) in [6, 6.07) is 18.2. The molecule has 0 aliphatic heterocycles. The fourth-order valence-corrected chi connectivity index (χ4v) is 4.02. The van der Waals surface area contributed by atoms with Gasteiger partial charge in [-0.2, -0.15) is 0 Å². The van der Waals surface area contributed by atoms with Crippen LogP contribution in [0.4, 0.5) is 0 Å². The average Bonchev–Trinajstić information content (AvgIpc) is 2.89. The van der Waals surface area contributed by atoms with Crippen molar-refractivity contribution in [1.82, 2.24) is 14.9 Å². The maximum absolute atomic E-state index is 13.2. The quantitative estimate of drug-likeness (QED) is 0.377. The van der Waals surface area contributed by atoms with Crippen molar-refractivity contribution < 1.29 is 14.3 Å². The van der Waals surface area contributed by atoms with Crippen molar-refractivity contribution in [2.45, 2.75) is 32.4 Å². The molecule has 2 aromatic carbocycles. The maximum atomic E-state index is 13.2. The molecule has 1 atom stereocenters. The highest BCUT2D eigenvalue weighted by Gasteiger charge is 2.19. The Morgan fingerprint density at radius 2 is 1.80 bits per heavy atom. The van der Waals surface area contributed by atoms with Crippen LogP contribution >= 0.6 is 0 Å². The van der Waals surface area contributed by atoms with Crippen molar-refractivity contribution in [3.8, 4) is 5.75 Å². The number of hydrogen-bond acceptors (Lipinski definition) is 5. The lowest BCUT2D eigenvalue weighted by Crippen LogP contribution is -2.36. The lowest BCUT2D eigenvalue weighted by Gasteiger charge is -2.17. The van der Waals surface area contributed by atoms with Crippen molar-refractivity contribution in [3.63, 3.8) is 0 Å². The highest BCUT2D eigenvalue weighted by atomic mass is 16.5. The van der Waals surface area contributed by atoms with Crippen LogP contribution in [0.25, 0.3) is 10.9 Å². The minimum absolute atomic E-state index is 0.00112. The van der Waals surface area contributed by atoms with E-state index >= 15 is 0 Å². The third-order valence-corrected chi connectivity index (χ3v) is 5.91. The van der Waals surface area contributed by atoms with Gasteiger partial charge in [-0.05, 0) is 49.6 Å². The predicted octanol–water partition coefficient (Wildman–Crippen LogP) is 3.77. The topological polar surface area (TPSA) is 90.3 Å². The van der Waals surface area contributed by atoms with E-state index in [1.807, 2.05) is 25.1 Å². The van der Waals surface area contributed by atoms with E-state index in [1.54, 1.807) is 34.9 Å². The Labute approximate surface area is 203 Å². The molecule has 7 nitrogen and oxygen atoms in total. The number of rotatable bonds is 9. The summed E-state index contributed by atoms with van der Waals surface area (Å²) in [5, 5.41) is 3.37. The van der Waals surface area contributed by atoms with Crippen LogP contribution in [-0.4, -0.2) is 34.4 Å². The molecular formula is C28H27N3O4. The second-order valence-corrected chi connectivity index (χ2v) is 8.44. The second-order valence-electron chi connectivity index (χ2n) is 8.44. The minimum Gasteiger partial charge on any atom is -0.497 e. The van der Waals surface area contributed by atoms with E-state index < -0.39 is 11.2 Å². The Balaban J connectivity index is 1.61. The van der Waals surface area contributed by atoms with Crippen LogP contribution in [0.2, 0.25) is 0 Å². The molecule has 4 rings (SSSR count). The summed E-state index contributed by atoms with van der Waals surface area (Å²) in [4.78, 5) is 43.2. The number of carbonyl (C=O) groups excluding carboxylic acids is 2. The molecule has 0 fully saturated rings. The molecule has 0 spiro atoms. The van der Waals surface area contributed by atoms with Crippen LogP contribution in [0.1, 0.15) is 34.8 Å². The summed E-state index contributed by atoms with van der Waals surface area (Å²) >= 11 is 0. The highest BCUT2D eigenvalue weighted by Crippen LogP contribution is 2.20. The van der Waals surface area contributed by atoms with Gasteiger partial charge in [0.1, 0.15) is 12.3 Å². The van der Waals surface area contributed by atoms with Crippen LogP contribution in [-0.2, 0) is 17.8 Å². The molecule has 1 unspecified atom stereocenters. The number of ketones is 1. The zero-order valence-corrected chi connectivity index (χ0v) is 19.7. The summed E-state index contributed by atoms with van der Waals surface area (Å²) in [5.74, 6) is -0.0726. The van der Waals surface area contributed by atoms with Gasteiger partial charge in [-0.1, -0.05) is 30.3 Å². The number of fused-ring (bicyclic) bond motifs is 1. The third kappa shape index (κ3) is 5.63. The minimum atomic E-state index is -0.416. The lowest BCUT2D eigenvalue weighted by atomic mass is 10.0. The first kappa shape index (κ1) is 23.9. The largest absolute Gasteiger partial charge is 0.497 e. The van der Waals surface area contributed by atoms with E-state index in [0.717, 1.165) is 12.8 Å². The summed E-state index contributed by atoms with van der Waals surface area (Å²) in [6.45, 7) is 1.92. The number of amides is 1. The van der Waals surface area contributed by atoms with Crippen molar-refractivity contribution in [2.75, 3.05) is 7.11 Å². The van der Waals surface area contributed by atoms with Gasteiger partial charge in [-0.15, -0.1) is 0 Å². The number of carbonyl (C=O) groups is 2. The molecule has 7 heteroatoms. The predicted molar refractivity (Wildman–Crippen MR) is 135 cm³/mol. The molecule has 1 N–H and O–H groups in total. The first-order valence-corrected chi connectivity index (χ1v) is 11.5. The van der Waals surface area contributed by atoms with Crippen LogP contribution in [0.3, 0.4) is 0 Å². The molecule has 0 aliphatic carbocycles. The van der Waals surface area contributed by atoms with Crippen molar-refractivity contribution in [3.05, 3.63) is 106 Å². The van der Waals surface area contributed by atoms with E-state index in [-0.39, 0.29) is 24.1 Å². The van der Waals surface area contributed by atoms with E-state index in [2.05, 4.69) is 22.4 Å². The van der Waals surface area contributed by atoms with Gasteiger partial charge in [0.25, 0.3) is 0 Å². The Morgan fingerprint density at radius 3 is 2.51 bits per heavy atom. The van der Waals surface area contributed by atoms with E-state index in [4.69, 9.17) is 4.74 Å². The summed E-state index contributed by atoms with van der Waals surface area (Å²) in [6.07, 6.45) is 6.11. The molecule has 1 amide bonds.